The molecule has 0 saturated heterocycles. The molecule has 0 aliphatic carbocycles. The maximum absolute atomic E-state index is 9.10. The van der Waals surface area contributed by atoms with E-state index >= 15 is 0 Å². The van der Waals surface area contributed by atoms with E-state index in [1.54, 1.807) is 18.3 Å². The monoisotopic (exact) mass is 275 g/mol. The predicted octanol–water partition coefficient (Wildman–Crippen LogP) is 4.08. The largest absolute Gasteiger partial charge is 0.360 e. The van der Waals surface area contributed by atoms with Crippen LogP contribution in [-0.4, -0.2) is 4.98 Å². The lowest BCUT2D eigenvalue weighted by Crippen LogP contribution is -1.90. The SMILES string of the molecule is Cc1csc(/C(C#N)=C/Nc2ccc(Cl)cc2)n1. The van der Waals surface area contributed by atoms with Gasteiger partial charge in [0.05, 0.1) is 0 Å². The van der Waals surface area contributed by atoms with Crippen LogP contribution in [0.1, 0.15) is 10.7 Å². The minimum atomic E-state index is 0.517. The first-order chi connectivity index (χ1) is 8.69. The summed E-state index contributed by atoms with van der Waals surface area (Å²) in [5.74, 6) is 0. The third-order valence-corrected chi connectivity index (χ3v) is 3.44. The number of hydrogen-bond donors (Lipinski definition) is 1. The Bertz CT molecular complexity index is 608. The van der Waals surface area contributed by atoms with E-state index in [-0.39, 0.29) is 0 Å². The van der Waals surface area contributed by atoms with Gasteiger partial charge in [0.25, 0.3) is 0 Å². The number of anilines is 1. The molecule has 3 nitrogen and oxygen atoms in total. The van der Waals surface area contributed by atoms with Crippen molar-refractivity contribution in [3.05, 3.63) is 51.6 Å². The molecule has 1 N–H and O–H groups in total. The van der Waals surface area contributed by atoms with Gasteiger partial charge in [-0.05, 0) is 31.2 Å². The van der Waals surface area contributed by atoms with E-state index in [2.05, 4.69) is 16.4 Å². The third kappa shape index (κ3) is 3.10. The third-order valence-electron chi connectivity index (χ3n) is 2.20. The molecular weight excluding hydrogens is 266 g/mol. The average molecular weight is 276 g/mol. The number of halogens is 1. The Labute approximate surface area is 114 Å². The zero-order valence-corrected chi connectivity index (χ0v) is 11.2. The van der Waals surface area contributed by atoms with Crippen molar-refractivity contribution in [2.24, 2.45) is 0 Å². The van der Waals surface area contributed by atoms with Crippen molar-refractivity contribution < 1.29 is 0 Å². The van der Waals surface area contributed by atoms with Gasteiger partial charge in [-0.2, -0.15) is 5.26 Å². The van der Waals surface area contributed by atoms with Gasteiger partial charge in [-0.25, -0.2) is 4.98 Å². The number of nitrogens with zero attached hydrogens (tertiary/aromatic N) is 2. The van der Waals surface area contributed by atoms with Gasteiger partial charge < -0.3 is 5.32 Å². The first kappa shape index (κ1) is 12.6. The Kier molecular flexibility index (Phi) is 3.98. The molecule has 0 spiro atoms. The van der Waals surface area contributed by atoms with Crippen LogP contribution >= 0.6 is 22.9 Å². The Balaban J connectivity index is 2.16. The molecule has 0 saturated carbocycles. The van der Waals surface area contributed by atoms with Crippen LogP contribution in [0.2, 0.25) is 5.02 Å². The smallest absolute Gasteiger partial charge is 0.135 e. The molecule has 1 aromatic heterocycles. The van der Waals surface area contributed by atoms with E-state index in [0.29, 0.717) is 10.6 Å². The maximum Gasteiger partial charge on any atom is 0.135 e. The molecule has 90 valence electrons. The standard InChI is InChI=1S/C13H10ClN3S/c1-9-8-18-13(17-9)10(6-15)7-16-12-4-2-11(14)3-5-12/h2-5,7-8,16H,1H3/b10-7+. The van der Waals surface area contributed by atoms with Crippen LogP contribution in [-0.2, 0) is 0 Å². The van der Waals surface area contributed by atoms with Crippen LogP contribution in [0.5, 0.6) is 0 Å². The molecule has 1 aromatic carbocycles. The Hall–Kier alpha value is -1.83. The molecule has 0 unspecified atom stereocenters. The topological polar surface area (TPSA) is 48.7 Å². The number of benzene rings is 1. The second kappa shape index (κ2) is 5.67. The average Bonchev–Trinajstić information content (AvgIpc) is 2.79. The van der Waals surface area contributed by atoms with Crippen LogP contribution < -0.4 is 5.32 Å². The summed E-state index contributed by atoms with van der Waals surface area (Å²) in [4.78, 5) is 4.27. The van der Waals surface area contributed by atoms with E-state index in [0.717, 1.165) is 16.4 Å². The number of hydrogen-bond acceptors (Lipinski definition) is 4. The number of allylic oxidation sites excluding steroid dienone is 1. The molecule has 0 radical (unpaired) electrons. The van der Waals surface area contributed by atoms with E-state index in [4.69, 9.17) is 16.9 Å². The number of nitriles is 1. The summed E-state index contributed by atoms with van der Waals surface area (Å²) < 4.78 is 0. The molecular formula is C13H10ClN3S. The minimum absolute atomic E-state index is 0.517. The van der Waals surface area contributed by atoms with Gasteiger partial charge in [0, 0.05) is 28.0 Å². The highest BCUT2D eigenvalue weighted by atomic mass is 35.5. The van der Waals surface area contributed by atoms with Gasteiger partial charge in [0.1, 0.15) is 16.6 Å². The summed E-state index contributed by atoms with van der Waals surface area (Å²) >= 11 is 7.25. The van der Waals surface area contributed by atoms with Crippen molar-refractivity contribution in [2.75, 3.05) is 5.32 Å². The first-order valence-corrected chi connectivity index (χ1v) is 6.49. The van der Waals surface area contributed by atoms with Crippen molar-refractivity contribution in [1.82, 2.24) is 4.98 Å². The van der Waals surface area contributed by atoms with Crippen LogP contribution in [0.25, 0.3) is 5.57 Å². The minimum Gasteiger partial charge on any atom is -0.360 e. The van der Waals surface area contributed by atoms with Crippen molar-refractivity contribution >= 4 is 34.2 Å². The number of nitrogens with one attached hydrogen (secondary N) is 1. The van der Waals surface area contributed by atoms with Crippen molar-refractivity contribution in [3.63, 3.8) is 0 Å². The van der Waals surface area contributed by atoms with Gasteiger partial charge in [-0.1, -0.05) is 11.6 Å². The fraction of sp³-hybridized carbons (Fsp3) is 0.0769. The molecule has 0 bridgehead atoms. The molecule has 0 atom stereocenters. The second-order valence-electron chi connectivity index (χ2n) is 3.62. The van der Waals surface area contributed by atoms with Crippen molar-refractivity contribution in [1.29, 1.82) is 5.26 Å². The van der Waals surface area contributed by atoms with Gasteiger partial charge in [0.2, 0.25) is 0 Å². The molecule has 0 amide bonds. The zero-order valence-electron chi connectivity index (χ0n) is 9.64. The predicted molar refractivity (Wildman–Crippen MR) is 75.5 cm³/mol. The molecule has 1 heterocycles. The molecule has 5 heteroatoms. The van der Waals surface area contributed by atoms with Crippen molar-refractivity contribution in [3.8, 4) is 6.07 Å². The molecule has 2 rings (SSSR count). The summed E-state index contributed by atoms with van der Waals surface area (Å²) in [6.07, 6.45) is 1.65. The van der Waals surface area contributed by atoms with Crippen molar-refractivity contribution in [2.45, 2.75) is 6.92 Å². The van der Waals surface area contributed by atoms with Crippen LogP contribution in [0.4, 0.5) is 5.69 Å². The molecule has 0 aliphatic heterocycles. The second-order valence-corrected chi connectivity index (χ2v) is 4.91. The van der Waals surface area contributed by atoms with Crippen LogP contribution in [0.15, 0.2) is 35.8 Å². The van der Waals surface area contributed by atoms with Gasteiger partial charge in [-0.15, -0.1) is 11.3 Å². The first-order valence-electron chi connectivity index (χ1n) is 5.24. The molecule has 2 aromatic rings. The zero-order chi connectivity index (χ0) is 13.0. The lowest BCUT2D eigenvalue weighted by molar-refractivity contribution is 1.24. The fourth-order valence-corrected chi connectivity index (χ4v) is 2.21. The van der Waals surface area contributed by atoms with E-state index < -0.39 is 0 Å². The van der Waals surface area contributed by atoms with E-state index in [9.17, 15) is 0 Å². The number of rotatable bonds is 3. The maximum atomic E-state index is 9.10. The molecule has 18 heavy (non-hydrogen) atoms. The molecule has 0 aliphatic rings. The number of thiazole rings is 1. The summed E-state index contributed by atoms with van der Waals surface area (Å²) in [5, 5.41) is 15.5. The van der Waals surface area contributed by atoms with Crippen LogP contribution in [0.3, 0.4) is 0 Å². The van der Waals surface area contributed by atoms with E-state index in [1.807, 2.05) is 24.4 Å². The summed E-state index contributed by atoms with van der Waals surface area (Å²) in [6.45, 7) is 1.90. The van der Waals surface area contributed by atoms with Gasteiger partial charge in [0.15, 0.2) is 0 Å². The normalized spacial score (nSPS) is 11.1. The highest BCUT2D eigenvalue weighted by Gasteiger charge is 2.04. The van der Waals surface area contributed by atoms with Gasteiger partial charge >= 0.3 is 0 Å². The highest BCUT2D eigenvalue weighted by Crippen LogP contribution is 2.19. The van der Waals surface area contributed by atoms with Gasteiger partial charge in [-0.3, -0.25) is 0 Å². The molecule has 0 fully saturated rings. The number of aryl methyl sites for hydroxylation is 1. The Morgan fingerprint density at radius 1 is 1.44 bits per heavy atom. The quantitative estimate of drug-likeness (QED) is 0.859. The van der Waals surface area contributed by atoms with E-state index in [1.165, 1.54) is 11.3 Å². The lowest BCUT2D eigenvalue weighted by atomic mass is 10.3. The van der Waals surface area contributed by atoms with Crippen LogP contribution in [0, 0.1) is 18.3 Å². The lowest BCUT2D eigenvalue weighted by Gasteiger charge is -2.01. The number of aromatic nitrogens is 1. The Morgan fingerprint density at radius 3 is 2.72 bits per heavy atom. The summed E-state index contributed by atoms with van der Waals surface area (Å²) in [6, 6.07) is 9.41. The fourth-order valence-electron chi connectivity index (χ4n) is 1.32. The summed E-state index contributed by atoms with van der Waals surface area (Å²) in [7, 11) is 0. The summed E-state index contributed by atoms with van der Waals surface area (Å²) in [5.41, 5.74) is 2.31. The highest BCUT2D eigenvalue weighted by molar-refractivity contribution is 7.10. The Morgan fingerprint density at radius 2 is 2.17 bits per heavy atom.